The Morgan fingerprint density at radius 1 is 0.677 bits per heavy atom. The third-order valence-corrected chi connectivity index (χ3v) is 17.7. The first-order chi connectivity index (χ1) is 29.4. The van der Waals surface area contributed by atoms with Gasteiger partial charge in [-0.15, -0.1) is 0 Å². The molecule has 0 aromatic heterocycles. The summed E-state index contributed by atoms with van der Waals surface area (Å²) in [5.74, 6) is 2.52. The molecule has 3 saturated carbocycles. The molecule has 9 N–H and O–H groups in total. The molecular weight excluding hydrogens is 812 g/mol. The van der Waals surface area contributed by atoms with Gasteiger partial charge in [-0.3, -0.25) is 0 Å². The number of aliphatic hydroxyl groups is 9. The number of aliphatic hydroxyl groups excluding tert-OH is 9. The van der Waals surface area contributed by atoms with Crippen LogP contribution in [0.4, 0.5) is 0 Å². The standard InChI is InChI=1S/C45H72O17/c1-19-8-13-45(55-18-19)20(2)30-27(62-45)15-26-24-7-6-22-14-23(9-11-43(22,4)25(24)10-12-44(26,30)5)57-42-39(61-40-36(53)34(51)31(48)21(3)56-40)38(33(50)29(17-47)59-42)60-41-37(54)35(52)32(49)28(16-46)58-41/h6,19-21,23-42,46-54H,7-18H2,1-5H3/t19-,20+,21+,23+,24-,25+,26+,27-,28-,29-,30-,31+,32-,33-,34-,35+,36-,37-,38+,39-,40+,41+,42-,43+,44+,45+/m1/s1. The highest BCUT2D eigenvalue weighted by Gasteiger charge is 2.69. The van der Waals surface area contributed by atoms with Gasteiger partial charge in [-0.25, -0.2) is 0 Å². The fourth-order valence-corrected chi connectivity index (χ4v) is 14.0. The molecule has 0 radical (unpaired) electrons. The van der Waals surface area contributed by atoms with Crippen LogP contribution in [0.25, 0.3) is 0 Å². The highest BCUT2D eigenvalue weighted by Crippen LogP contribution is 2.70. The van der Waals surface area contributed by atoms with E-state index in [1.807, 2.05) is 0 Å². The molecule has 17 nitrogen and oxygen atoms in total. The molecule has 9 aliphatic rings. The first-order valence-electron chi connectivity index (χ1n) is 23.4. The number of rotatable bonds is 8. The second kappa shape index (κ2) is 17.3. The average Bonchev–Trinajstić information content (AvgIpc) is 3.70. The van der Waals surface area contributed by atoms with Gasteiger partial charge < -0.3 is 83.9 Å². The topological polar surface area (TPSA) is 256 Å². The van der Waals surface area contributed by atoms with Gasteiger partial charge in [0, 0.05) is 12.3 Å². The fraction of sp³-hybridized carbons (Fsp3) is 0.956. The van der Waals surface area contributed by atoms with Crippen LogP contribution in [0, 0.1) is 46.3 Å². The van der Waals surface area contributed by atoms with Crippen LogP contribution in [0.1, 0.15) is 92.4 Å². The predicted octanol–water partition coefficient (Wildman–Crippen LogP) is 0.214. The summed E-state index contributed by atoms with van der Waals surface area (Å²) in [6, 6.07) is 0. The summed E-state index contributed by atoms with van der Waals surface area (Å²) in [7, 11) is 0. The maximum Gasteiger partial charge on any atom is 0.187 e. The number of fused-ring (bicyclic) bond motifs is 7. The summed E-state index contributed by atoms with van der Waals surface area (Å²) in [4.78, 5) is 0. The molecule has 0 amide bonds. The molecule has 26 atom stereocenters. The Hall–Kier alpha value is -0.940. The number of ether oxygens (including phenoxy) is 8. The average molecular weight is 885 g/mol. The molecule has 0 aromatic carbocycles. The van der Waals surface area contributed by atoms with Crippen molar-refractivity contribution < 1.29 is 83.9 Å². The van der Waals surface area contributed by atoms with Crippen molar-refractivity contribution in [2.45, 2.75) is 203 Å². The second-order valence-electron chi connectivity index (χ2n) is 21.1. The molecule has 5 saturated heterocycles. The molecule has 5 aliphatic heterocycles. The molecule has 62 heavy (non-hydrogen) atoms. The van der Waals surface area contributed by atoms with E-state index in [0.29, 0.717) is 48.3 Å². The largest absolute Gasteiger partial charge is 0.394 e. The number of hydrogen-bond acceptors (Lipinski definition) is 17. The van der Waals surface area contributed by atoms with Gasteiger partial charge in [0.1, 0.15) is 67.1 Å². The summed E-state index contributed by atoms with van der Waals surface area (Å²) in [5.41, 5.74) is 1.45. The predicted molar refractivity (Wildman–Crippen MR) is 214 cm³/mol. The van der Waals surface area contributed by atoms with Crippen molar-refractivity contribution in [2.75, 3.05) is 19.8 Å². The summed E-state index contributed by atoms with van der Waals surface area (Å²) in [5, 5.41) is 95.8. The maximum atomic E-state index is 11.6. The zero-order valence-electron chi connectivity index (χ0n) is 36.6. The van der Waals surface area contributed by atoms with Crippen LogP contribution in [-0.4, -0.2) is 176 Å². The lowest BCUT2D eigenvalue weighted by atomic mass is 9.47. The molecule has 1 spiro atoms. The molecular formula is C45H72O17. The van der Waals surface area contributed by atoms with Crippen molar-refractivity contribution in [3.8, 4) is 0 Å². The van der Waals surface area contributed by atoms with E-state index < -0.39 is 117 Å². The summed E-state index contributed by atoms with van der Waals surface area (Å²) in [6.45, 7) is 10.4. The van der Waals surface area contributed by atoms with E-state index in [4.69, 9.17) is 37.9 Å². The molecule has 8 fully saturated rings. The van der Waals surface area contributed by atoms with E-state index >= 15 is 0 Å². The van der Waals surface area contributed by atoms with Crippen LogP contribution in [0.5, 0.6) is 0 Å². The van der Waals surface area contributed by atoms with E-state index in [1.165, 1.54) is 12.5 Å². The minimum absolute atomic E-state index is 0.0484. The summed E-state index contributed by atoms with van der Waals surface area (Å²) < 4.78 is 50.3. The van der Waals surface area contributed by atoms with Crippen molar-refractivity contribution in [2.24, 2.45) is 46.3 Å². The van der Waals surface area contributed by atoms with E-state index in [9.17, 15) is 46.0 Å². The van der Waals surface area contributed by atoms with Gasteiger partial charge in [0.05, 0.1) is 38.1 Å². The zero-order valence-corrected chi connectivity index (χ0v) is 36.6. The molecule has 0 bridgehead atoms. The Labute approximate surface area is 363 Å². The molecule has 0 unspecified atom stereocenters. The van der Waals surface area contributed by atoms with Crippen LogP contribution in [0.15, 0.2) is 11.6 Å². The fourth-order valence-electron chi connectivity index (χ4n) is 14.0. The van der Waals surface area contributed by atoms with Gasteiger partial charge in [-0.2, -0.15) is 0 Å². The SMILES string of the molecule is C[C@@H]1CC[C@]2(OC1)O[C@@H]1C[C@H]3[C@@H]4CC=C5C[C@@H](O[C@@H]6O[C@H](CO)[C@@H](O)[C@H](O[C@@H]7O[C@H](CO)[C@@H](O)[C@H](O)[C@H]7O)[C@H]6O[C@@H]6O[C@@H](C)[C@H](O)[C@@H](O)[C@H]6O)CC[C@]5(C)[C@H]4CC[C@]3(C)[C@@H]1[C@@H]2C. The number of hydrogen-bond donors (Lipinski definition) is 9. The lowest BCUT2D eigenvalue weighted by Gasteiger charge is -2.59. The van der Waals surface area contributed by atoms with Gasteiger partial charge in [-0.05, 0) is 98.7 Å². The smallest absolute Gasteiger partial charge is 0.187 e. The second-order valence-corrected chi connectivity index (χ2v) is 21.1. The van der Waals surface area contributed by atoms with E-state index in [1.54, 1.807) is 0 Å². The van der Waals surface area contributed by atoms with Gasteiger partial charge >= 0.3 is 0 Å². The van der Waals surface area contributed by atoms with Crippen LogP contribution < -0.4 is 0 Å². The Kier molecular flexibility index (Phi) is 12.9. The Balaban J connectivity index is 0.940. The highest BCUT2D eigenvalue weighted by atomic mass is 16.8. The van der Waals surface area contributed by atoms with Gasteiger partial charge in [0.2, 0.25) is 0 Å². The van der Waals surface area contributed by atoms with Crippen molar-refractivity contribution >= 4 is 0 Å². The molecule has 5 heterocycles. The van der Waals surface area contributed by atoms with Gasteiger partial charge in [-0.1, -0.05) is 39.3 Å². The zero-order chi connectivity index (χ0) is 44.2. The van der Waals surface area contributed by atoms with Crippen LogP contribution in [-0.2, 0) is 37.9 Å². The molecule has 4 aliphatic carbocycles. The van der Waals surface area contributed by atoms with Gasteiger partial charge in [0.15, 0.2) is 24.7 Å². The molecule has 9 rings (SSSR count). The first kappa shape index (κ1) is 46.2. The third-order valence-electron chi connectivity index (χ3n) is 17.7. The third kappa shape index (κ3) is 7.49. The van der Waals surface area contributed by atoms with E-state index in [-0.39, 0.29) is 16.9 Å². The van der Waals surface area contributed by atoms with E-state index in [0.717, 1.165) is 51.6 Å². The minimum Gasteiger partial charge on any atom is -0.394 e. The quantitative estimate of drug-likeness (QED) is 0.148. The van der Waals surface area contributed by atoms with Crippen LogP contribution >= 0.6 is 0 Å². The van der Waals surface area contributed by atoms with Crippen LogP contribution in [0.2, 0.25) is 0 Å². The van der Waals surface area contributed by atoms with E-state index in [2.05, 4.69) is 33.8 Å². The Bertz CT molecular complexity index is 1610. The van der Waals surface area contributed by atoms with Crippen molar-refractivity contribution in [3.05, 3.63) is 11.6 Å². The lowest BCUT2D eigenvalue weighted by molar-refractivity contribution is -0.394. The normalized spacial score (nSPS) is 57.6. The maximum absolute atomic E-state index is 11.6. The van der Waals surface area contributed by atoms with Crippen LogP contribution in [0.3, 0.4) is 0 Å². The number of allylic oxidation sites excluding steroid dienone is 1. The Morgan fingerprint density at radius 3 is 2.03 bits per heavy atom. The lowest BCUT2D eigenvalue weighted by Crippen LogP contribution is -2.67. The summed E-state index contributed by atoms with van der Waals surface area (Å²) in [6.07, 6.45) is -12.4. The highest BCUT2D eigenvalue weighted by molar-refractivity contribution is 5.26. The monoisotopic (exact) mass is 884 g/mol. The molecule has 17 heteroatoms. The van der Waals surface area contributed by atoms with Crippen molar-refractivity contribution in [3.63, 3.8) is 0 Å². The van der Waals surface area contributed by atoms with Crippen molar-refractivity contribution in [1.82, 2.24) is 0 Å². The Morgan fingerprint density at radius 2 is 1.34 bits per heavy atom. The van der Waals surface area contributed by atoms with Gasteiger partial charge in [0.25, 0.3) is 0 Å². The van der Waals surface area contributed by atoms with Crippen molar-refractivity contribution in [1.29, 1.82) is 0 Å². The minimum atomic E-state index is -1.84. The molecule has 354 valence electrons. The first-order valence-corrected chi connectivity index (χ1v) is 23.4. The molecule has 0 aromatic rings. The summed E-state index contributed by atoms with van der Waals surface area (Å²) >= 11 is 0.